The second kappa shape index (κ2) is 15.7. The number of nitrogens with one attached hydrogen (secondary N) is 3. The van der Waals surface area contributed by atoms with E-state index in [0.717, 1.165) is 5.56 Å². The number of carbonyl (C=O) groups excluding carboxylic acids is 3. The molecule has 0 bridgehead atoms. The average Bonchev–Trinajstić information content (AvgIpc) is 4.05. The van der Waals surface area contributed by atoms with Gasteiger partial charge in [0.25, 0.3) is 5.91 Å². The molecular formula is C39H43Cl3N6O7S2. The zero-order valence-electron chi connectivity index (χ0n) is 31.9. The maximum Gasteiger partial charge on any atom is 0.259 e. The number of aromatic nitrogens is 2. The van der Waals surface area contributed by atoms with E-state index in [0.29, 0.717) is 61.7 Å². The number of carbonyl (C=O) groups is 3. The van der Waals surface area contributed by atoms with Gasteiger partial charge in [0, 0.05) is 33.2 Å². The average molecular weight is 878 g/mol. The van der Waals surface area contributed by atoms with Crippen molar-refractivity contribution >= 4 is 89.8 Å². The SMILES string of the molecule is CC[C@@H]1C[C@]1(NC(=O)[C@@H]1C[C@@H](Oc2ncc(OC)c3ccc(Cl)cc23)CN1C(=O)[C@@H](Nc1nc(-c2ccc(Cl)c(Cl)c2)cs1)C(C)(C)C)C(=O)NS(=O)(=O)C1CC1. The van der Waals surface area contributed by atoms with E-state index in [1.165, 1.54) is 29.5 Å². The first-order chi connectivity index (χ1) is 26.9. The molecule has 3 N–H and O–H groups in total. The number of halogens is 3. The minimum Gasteiger partial charge on any atom is -0.494 e. The van der Waals surface area contributed by atoms with E-state index >= 15 is 0 Å². The van der Waals surface area contributed by atoms with Crippen LogP contribution in [0.3, 0.4) is 0 Å². The smallest absolute Gasteiger partial charge is 0.259 e. The lowest BCUT2D eigenvalue weighted by atomic mass is 9.85. The van der Waals surface area contributed by atoms with Crippen LogP contribution in [0, 0.1) is 11.3 Å². The van der Waals surface area contributed by atoms with Crippen LogP contribution in [-0.2, 0) is 24.4 Å². The van der Waals surface area contributed by atoms with Gasteiger partial charge in [-0.15, -0.1) is 11.3 Å². The summed E-state index contributed by atoms with van der Waals surface area (Å²) in [5.74, 6) is -1.28. The van der Waals surface area contributed by atoms with Gasteiger partial charge in [-0.1, -0.05) is 75.0 Å². The fourth-order valence-corrected chi connectivity index (χ4v) is 9.90. The van der Waals surface area contributed by atoms with Crippen molar-refractivity contribution in [3.63, 3.8) is 0 Å². The van der Waals surface area contributed by atoms with Crippen LogP contribution in [0.2, 0.25) is 15.1 Å². The van der Waals surface area contributed by atoms with Crippen LogP contribution in [0.5, 0.6) is 11.6 Å². The van der Waals surface area contributed by atoms with E-state index in [1.54, 1.807) is 36.4 Å². The lowest BCUT2D eigenvalue weighted by Crippen LogP contribution is -2.58. The van der Waals surface area contributed by atoms with Gasteiger partial charge in [0.2, 0.25) is 27.7 Å². The monoisotopic (exact) mass is 876 g/mol. The number of methoxy groups -OCH3 is 1. The number of fused-ring (bicyclic) bond motifs is 1. The summed E-state index contributed by atoms with van der Waals surface area (Å²) >= 11 is 20.1. The van der Waals surface area contributed by atoms with Gasteiger partial charge in [-0.2, -0.15) is 0 Å². The van der Waals surface area contributed by atoms with Gasteiger partial charge in [-0.05, 0) is 60.9 Å². The molecular weight excluding hydrogens is 835 g/mol. The summed E-state index contributed by atoms with van der Waals surface area (Å²) in [4.78, 5) is 53.7. The molecule has 4 aromatic rings. The molecule has 2 aromatic carbocycles. The molecule has 2 saturated carbocycles. The second-order valence-corrected chi connectivity index (χ2v) is 19.9. The number of rotatable bonds is 13. The minimum atomic E-state index is -3.87. The topological polar surface area (TPSA) is 169 Å². The first-order valence-electron chi connectivity index (χ1n) is 18.6. The summed E-state index contributed by atoms with van der Waals surface area (Å²) in [6.45, 7) is 7.59. The molecule has 3 heterocycles. The van der Waals surface area contributed by atoms with Gasteiger partial charge in [0.05, 0.1) is 40.8 Å². The van der Waals surface area contributed by atoms with Crippen LogP contribution in [0.1, 0.15) is 59.8 Å². The number of likely N-dealkylation sites (tertiary alicyclic amines) is 1. The van der Waals surface area contributed by atoms with Crippen LogP contribution in [0.15, 0.2) is 48.0 Å². The molecule has 13 nitrogen and oxygen atoms in total. The second-order valence-electron chi connectivity index (χ2n) is 15.9. The molecule has 0 spiro atoms. The summed E-state index contributed by atoms with van der Waals surface area (Å²) < 4.78 is 39.8. The quantitative estimate of drug-likeness (QED) is 0.126. The number of benzene rings is 2. The molecule has 1 saturated heterocycles. The number of thiazole rings is 1. The molecule has 0 unspecified atom stereocenters. The van der Waals surface area contributed by atoms with Crippen LogP contribution in [0.4, 0.5) is 5.13 Å². The molecule has 5 atom stereocenters. The first-order valence-corrected chi connectivity index (χ1v) is 22.1. The van der Waals surface area contributed by atoms with E-state index < -0.39 is 62.1 Å². The van der Waals surface area contributed by atoms with Crippen molar-refractivity contribution in [3.8, 4) is 22.9 Å². The standard InChI is InChI=1S/C39H43Cl3N6O7S2/c1-6-21-16-39(21,36(51)47-57(52,53)24-9-10-24)46-33(49)30-15-23(55-34-26-14-22(40)8-11-25(26)31(54-5)17-43-34)18-48(30)35(50)32(38(2,3)4)45-37-44-29(19-56-37)20-7-12-27(41)28(42)13-20/h7-8,11-14,17,19,21,23-24,30,32H,6,9-10,15-16,18H2,1-5H3,(H,44,45)(H,46,49)(H,47,51)/t21-,23-,30+,32-,39-/m1/s1. The third-order valence-electron chi connectivity index (χ3n) is 10.8. The highest BCUT2D eigenvalue weighted by Crippen LogP contribution is 2.47. The molecule has 304 valence electrons. The van der Waals surface area contributed by atoms with Crippen LogP contribution >= 0.6 is 46.1 Å². The number of amides is 3. The minimum absolute atomic E-state index is 0.000195. The third-order valence-corrected chi connectivity index (χ3v) is 14.3. The number of hydrogen-bond acceptors (Lipinski definition) is 11. The molecule has 2 aliphatic carbocycles. The Morgan fingerprint density at radius 2 is 1.82 bits per heavy atom. The van der Waals surface area contributed by atoms with E-state index in [1.807, 2.05) is 33.1 Å². The Bertz CT molecular complexity index is 2350. The summed E-state index contributed by atoms with van der Waals surface area (Å²) in [5.41, 5.74) is -0.735. The summed E-state index contributed by atoms with van der Waals surface area (Å²) in [6.07, 6.45) is 2.62. The van der Waals surface area contributed by atoms with E-state index in [-0.39, 0.29) is 31.2 Å². The number of pyridine rings is 1. The Hall–Kier alpha value is -3.89. The van der Waals surface area contributed by atoms with E-state index in [2.05, 4.69) is 20.3 Å². The van der Waals surface area contributed by atoms with Crippen LogP contribution in [0.25, 0.3) is 22.0 Å². The number of ether oxygens (including phenoxy) is 2. The summed E-state index contributed by atoms with van der Waals surface area (Å²) in [7, 11) is -2.34. The Morgan fingerprint density at radius 1 is 1.07 bits per heavy atom. The van der Waals surface area contributed by atoms with Gasteiger partial charge in [-0.25, -0.2) is 18.4 Å². The summed E-state index contributed by atoms with van der Waals surface area (Å²) in [6, 6.07) is 8.48. The summed E-state index contributed by atoms with van der Waals surface area (Å²) in [5, 5.41) is 10.5. The molecule has 2 aromatic heterocycles. The highest BCUT2D eigenvalue weighted by atomic mass is 35.5. The van der Waals surface area contributed by atoms with Gasteiger partial charge in [0.1, 0.15) is 29.5 Å². The molecule has 3 aliphatic rings. The maximum atomic E-state index is 14.9. The zero-order valence-corrected chi connectivity index (χ0v) is 35.8. The Labute approximate surface area is 350 Å². The van der Waals surface area contributed by atoms with Gasteiger partial charge >= 0.3 is 0 Å². The van der Waals surface area contributed by atoms with Crippen LogP contribution in [-0.4, -0.2) is 83.6 Å². The van der Waals surface area contributed by atoms with Crippen molar-refractivity contribution in [2.75, 3.05) is 19.0 Å². The Kier molecular flexibility index (Phi) is 11.4. The lowest BCUT2D eigenvalue weighted by molar-refractivity contribution is -0.141. The van der Waals surface area contributed by atoms with Crippen molar-refractivity contribution in [2.45, 2.75) is 88.8 Å². The van der Waals surface area contributed by atoms with E-state index in [9.17, 15) is 22.8 Å². The largest absolute Gasteiger partial charge is 0.494 e. The predicted molar refractivity (Wildman–Crippen MR) is 222 cm³/mol. The molecule has 0 radical (unpaired) electrons. The molecule has 3 amide bonds. The highest BCUT2D eigenvalue weighted by Gasteiger charge is 2.62. The van der Waals surface area contributed by atoms with E-state index in [4.69, 9.17) is 49.3 Å². The first kappa shape index (κ1) is 41.3. The van der Waals surface area contributed by atoms with Gasteiger partial charge < -0.3 is 25.0 Å². The third kappa shape index (κ3) is 8.49. The van der Waals surface area contributed by atoms with Gasteiger partial charge in [0.15, 0.2) is 5.13 Å². The molecule has 57 heavy (non-hydrogen) atoms. The predicted octanol–water partition coefficient (Wildman–Crippen LogP) is 7.10. The zero-order chi connectivity index (χ0) is 41.0. The Morgan fingerprint density at radius 3 is 2.47 bits per heavy atom. The molecule has 3 fully saturated rings. The Balaban J connectivity index is 1.19. The number of hydrogen-bond donors (Lipinski definition) is 3. The van der Waals surface area contributed by atoms with Crippen LogP contribution < -0.4 is 24.8 Å². The number of anilines is 1. The van der Waals surface area contributed by atoms with Crippen molar-refractivity contribution in [2.24, 2.45) is 11.3 Å². The molecule has 18 heteroatoms. The normalized spacial score (nSPS) is 22.5. The highest BCUT2D eigenvalue weighted by molar-refractivity contribution is 7.91. The van der Waals surface area contributed by atoms with Crippen molar-refractivity contribution in [1.82, 2.24) is 24.9 Å². The molecule has 1 aliphatic heterocycles. The maximum absolute atomic E-state index is 14.9. The van der Waals surface area contributed by atoms with Gasteiger partial charge in [-0.3, -0.25) is 19.1 Å². The van der Waals surface area contributed by atoms with Crippen molar-refractivity contribution in [1.29, 1.82) is 0 Å². The fraction of sp³-hybridized carbons (Fsp3) is 0.462. The van der Waals surface area contributed by atoms with Crippen molar-refractivity contribution in [3.05, 3.63) is 63.0 Å². The fourth-order valence-electron chi connectivity index (χ4n) is 7.32. The number of sulfonamides is 1. The lowest BCUT2D eigenvalue weighted by Gasteiger charge is -2.35. The number of nitrogens with zero attached hydrogens (tertiary/aromatic N) is 3. The van der Waals surface area contributed by atoms with Crippen molar-refractivity contribution < 1.29 is 32.3 Å². The molecule has 7 rings (SSSR count).